The SMILES string of the molecule is Cc1cccc(-c2nc(C(C)C)no2)c1NC(=O)COc1ccc(Br)cc1. The Morgan fingerprint density at radius 1 is 1.22 bits per heavy atom. The number of amides is 1. The van der Waals surface area contributed by atoms with Crippen molar-refractivity contribution in [1.82, 2.24) is 10.1 Å². The average Bonchev–Trinajstić information content (AvgIpc) is 3.13. The van der Waals surface area contributed by atoms with Crippen LogP contribution in [-0.4, -0.2) is 22.7 Å². The molecular formula is C20H20BrN3O3. The van der Waals surface area contributed by atoms with Crippen molar-refractivity contribution in [3.05, 3.63) is 58.3 Å². The van der Waals surface area contributed by atoms with Gasteiger partial charge in [0.05, 0.1) is 11.3 Å². The highest BCUT2D eigenvalue weighted by molar-refractivity contribution is 9.10. The van der Waals surface area contributed by atoms with Gasteiger partial charge in [-0.25, -0.2) is 0 Å². The molecule has 0 aliphatic rings. The third-order valence-electron chi connectivity index (χ3n) is 3.91. The van der Waals surface area contributed by atoms with E-state index in [4.69, 9.17) is 9.26 Å². The van der Waals surface area contributed by atoms with E-state index in [0.717, 1.165) is 10.0 Å². The number of halogens is 1. The molecule has 0 saturated heterocycles. The fourth-order valence-corrected chi connectivity index (χ4v) is 2.71. The average molecular weight is 430 g/mol. The zero-order chi connectivity index (χ0) is 19.4. The molecule has 0 fully saturated rings. The minimum Gasteiger partial charge on any atom is -0.484 e. The minimum atomic E-state index is -0.267. The molecule has 27 heavy (non-hydrogen) atoms. The van der Waals surface area contributed by atoms with Crippen LogP contribution in [0.2, 0.25) is 0 Å². The predicted molar refractivity (Wildman–Crippen MR) is 107 cm³/mol. The summed E-state index contributed by atoms with van der Waals surface area (Å²) in [5, 5.41) is 6.89. The largest absolute Gasteiger partial charge is 0.484 e. The molecule has 0 aliphatic heterocycles. The molecule has 2 aromatic carbocycles. The Bertz CT molecular complexity index is 936. The number of carbonyl (C=O) groups excluding carboxylic acids is 1. The summed E-state index contributed by atoms with van der Waals surface area (Å²) >= 11 is 3.36. The van der Waals surface area contributed by atoms with Crippen LogP contribution in [-0.2, 0) is 4.79 Å². The summed E-state index contributed by atoms with van der Waals surface area (Å²) in [6.45, 7) is 5.80. The lowest BCUT2D eigenvalue weighted by atomic mass is 10.1. The maximum Gasteiger partial charge on any atom is 0.262 e. The molecule has 1 heterocycles. The molecule has 0 saturated carbocycles. The monoisotopic (exact) mass is 429 g/mol. The van der Waals surface area contributed by atoms with E-state index in [9.17, 15) is 4.79 Å². The van der Waals surface area contributed by atoms with Gasteiger partial charge in [0.1, 0.15) is 5.75 Å². The number of benzene rings is 2. The number of anilines is 1. The second-order valence-electron chi connectivity index (χ2n) is 6.40. The van der Waals surface area contributed by atoms with Crippen LogP contribution in [0, 0.1) is 6.92 Å². The molecular weight excluding hydrogens is 410 g/mol. The zero-order valence-corrected chi connectivity index (χ0v) is 16.9. The molecule has 3 rings (SSSR count). The maximum absolute atomic E-state index is 12.4. The van der Waals surface area contributed by atoms with Gasteiger partial charge in [-0.05, 0) is 42.8 Å². The van der Waals surface area contributed by atoms with Gasteiger partial charge in [-0.1, -0.05) is 47.1 Å². The fraction of sp³-hybridized carbons (Fsp3) is 0.250. The Morgan fingerprint density at radius 2 is 1.96 bits per heavy atom. The minimum absolute atomic E-state index is 0.101. The molecule has 0 bridgehead atoms. The summed E-state index contributed by atoms with van der Waals surface area (Å²) in [5.74, 6) is 1.52. The van der Waals surface area contributed by atoms with Crippen LogP contribution in [0.15, 0.2) is 51.5 Å². The number of hydrogen-bond donors (Lipinski definition) is 1. The standard InChI is InChI=1S/C20H20BrN3O3/c1-12(2)19-23-20(27-24-19)16-6-4-5-13(3)18(16)22-17(25)11-26-15-9-7-14(21)8-10-15/h4-10,12H,11H2,1-3H3,(H,22,25). The number of aromatic nitrogens is 2. The van der Waals surface area contributed by atoms with E-state index in [1.165, 1.54) is 0 Å². The van der Waals surface area contributed by atoms with Crippen LogP contribution in [0.1, 0.15) is 31.2 Å². The second-order valence-corrected chi connectivity index (χ2v) is 7.32. The molecule has 0 aliphatic carbocycles. The Labute approximate surface area is 166 Å². The maximum atomic E-state index is 12.4. The lowest BCUT2D eigenvalue weighted by Crippen LogP contribution is -2.21. The zero-order valence-electron chi connectivity index (χ0n) is 15.3. The van der Waals surface area contributed by atoms with Gasteiger partial charge >= 0.3 is 0 Å². The summed E-state index contributed by atoms with van der Waals surface area (Å²) in [5.41, 5.74) is 2.22. The molecule has 0 atom stereocenters. The Balaban J connectivity index is 1.75. The van der Waals surface area contributed by atoms with Crippen molar-refractivity contribution in [3.63, 3.8) is 0 Å². The number of nitrogens with one attached hydrogen (secondary N) is 1. The number of aryl methyl sites for hydroxylation is 1. The van der Waals surface area contributed by atoms with Crippen molar-refractivity contribution < 1.29 is 14.1 Å². The quantitative estimate of drug-likeness (QED) is 0.599. The Morgan fingerprint density at radius 3 is 2.63 bits per heavy atom. The van der Waals surface area contributed by atoms with Gasteiger partial charge in [-0.3, -0.25) is 4.79 Å². The molecule has 3 aromatic rings. The van der Waals surface area contributed by atoms with Crippen molar-refractivity contribution in [2.45, 2.75) is 26.7 Å². The van der Waals surface area contributed by atoms with E-state index in [0.29, 0.717) is 28.7 Å². The summed E-state index contributed by atoms with van der Waals surface area (Å²) < 4.78 is 11.9. The number of nitrogens with zero attached hydrogens (tertiary/aromatic N) is 2. The highest BCUT2D eigenvalue weighted by atomic mass is 79.9. The van der Waals surface area contributed by atoms with Gasteiger partial charge in [-0.2, -0.15) is 4.98 Å². The fourth-order valence-electron chi connectivity index (χ4n) is 2.45. The van der Waals surface area contributed by atoms with E-state index < -0.39 is 0 Å². The van der Waals surface area contributed by atoms with Crippen molar-refractivity contribution in [3.8, 4) is 17.2 Å². The van der Waals surface area contributed by atoms with E-state index in [-0.39, 0.29) is 18.4 Å². The molecule has 0 radical (unpaired) electrons. The second kappa shape index (κ2) is 8.35. The summed E-state index contributed by atoms with van der Waals surface area (Å²) in [7, 11) is 0. The van der Waals surface area contributed by atoms with Gasteiger partial charge in [0.2, 0.25) is 0 Å². The molecule has 7 heteroatoms. The van der Waals surface area contributed by atoms with Crippen LogP contribution < -0.4 is 10.1 Å². The van der Waals surface area contributed by atoms with E-state index >= 15 is 0 Å². The lowest BCUT2D eigenvalue weighted by Gasteiger charge is -2.12. The predicted octanol–water partition coefficient (Wildman–Crippen LogP) is 4.95. The molecule has 1 aromatic heterocycles. The first-order valence-electron chi connectivity index (χ1n) is 8.56. The van der Waals surface area contributed by atoms with Crippen molar-refractivity contribution in [1.29, 1.82) is 0 Å². The lowest BCUT2D eigenvalue weighted by molar-refractivity contribution is -0.118. The number of ether oxygens (including phenoxy) is 1. The summed E-state index contributed by atoms with van der Waals surface area (Å²) in [4.78, 5) is 16.8. The van der Waals surface area contributed by atoms with Crippen molar-refractivity contribution >= 4 is 27.5 Å². The van der Waals surface area contributed by atoms with Crippen LogP contribution in [0.5, 0.6) is 5.75 Å². The number of rotatable bonds is 6. The normalized spacial score (nSPS) is 10.9. The highest BCUT2D eigenvalue weighted by Gasteiger charge is 2.17. The van der Waals surface area contributed by atoms with E-state index in [1.807, 2.05) is 51.1 Å². The molecule has 1 N–H and O–H groups in total. The van der Waals surface area contributed by atoms with Crippen LogP contribution >= 0.6 is 15.9 Å². The van der Waals surface area contributed by atoms with Gasteiger partial charge in [-0.15, -0.1) is 0 Å². The molecule has 0 spiro atoms. The molecule has 140 valence electrons. The first kappa shape index (κ1) is 19.1. The van der Waals surface area contributed by atoms with Crippen LogP contribution in [0.3, 0.4) is 0 Å². The van der Waals surface area contributed by atoms with Gasteiger partial charge in [0.15, 0.2) is 12.4 Å². The molecule has 1 amide bonds. The first-order valence-corrected chi connectivity index (χ1v) is 9.35. The first-order chi connectivity index (χ1) is 12.9. The van der Waals surface area contributed by atoms with Crippen LogP contribution in [0.4, 0.5) is 5.69 Å². The van der Waals surface area contributed by atoms with Crippen molar-refractivity contribution in [2.24, 2.45) is 0 Å². The molecule has 0 unspecified atom stereocenters. The summed E-state index contributed by atoms with van der Waals surface area (Å²) in [6.07, 6.45) is 0. The Hall–Kier alpha value is -2.67. The van der Waals surface area contributed by atoms with Crippen molar-refractivity contribution in [2.75, 3.05) is 11.9 Å². The third kappa shape index (κ3) is 4.74. The number of carbonyl (C=O) groups is 1. The number of para-hydroxylation sites is 1. The molecule has 6 nitrogen and oxygen atoms in total. The van der Waals surface area contributed by atoms with E-state index in [1.54, 1.807) is 12.1 Å². The van der Waals surface area contributed by atoms with Gasteiger partial charge in [0.25, 0.3) is 11.8 Å². The highest BCUT2D eigenvalue weighted by Crippen LogP contribution is 2.30. The smallest absolute Gasteiger partial charge is 0.262 e. The van der Waals surface area contributed by atoms with Crippen LogP contribution in [0.25, 0.3) is 11.5 Å². The Kier molecular flexibility index (Phi) is 5.91. The third-order valence-corrected chi connectivity index (χ3v) is 4.44. The number of hydrogen-bond acceptors (Lipinski definition) is 5. The topological polar surface area (TPSA) is 77.3 Å². The summed E-state index contributed by atoms with van der Waals surface area (Å²) in [6, 6.07) is 12.9. The van der Waals surface area contributed by atoms with Gasteiger partial charge in [0, 0.05) is 10.4 Å². The van der Waals surface area contributed by atoms with E-state index in [2.05, 4.69) is 31.4 Å². The van der Waals surface area contributed by atoms with Gasteiger partial charge < -0.3 is 14.6 Å².